The van der Waals surface area contributed by atoms with E-state index in [1.807, 2.05) is 6.07 Å². The fourth-order valence-electron chi connectivity index (χ4n) is 2.56. The molecule has 0 unspecified atom stereocenters. The van der Waals surface area contributed by atoms with E-state index < -0.39 is 5.97 Å². The third-order valence-corrected chi connectivity index (χ3v) is 3.98. The first-order chi connectivity index (χ1) is 9.01. The van der Waals surface area contributed by atoms with Gasteiger partial charge < -0.3 is 5.11 Å². The minimum Gasteiger partial charge on any atom is -0.481 e. The van der Waals surface area contributed by atoms with E-state index in [2.05, 4.69) is 43.0 Å². The average molecular weight is 261 g/mol. The highest BCUT2D eigenvalue weighted by atomic mass is 16.4. The molecule has 0 amide bonds. The van der Waals surface area contributed by atoms with E-state index in [1.54, 1.807) is 0 Å². The molecule has 0 atom stereocenters. The first-order valence-electron chi connectivity index (χ1n) is 7.01. The van der Waals surface area contributed by atoms with Crippen LogP contribution in [0.5, 0.6) is 0 Å². The molecule has 0 spiro atoms. The highest BCUT2D eigenvalue weighted by Gasteiger charge is 2.45. The van der Waals surface area contributed by atoms with Gasteiger partial charge in [-0.15, -0.1) is 0 Å². The van der Waals surface area contributed by atoms with Crippen molar-refractivity contribution < 1.29 is 9.90 Å². The van der Waals surface area contributed by atoms with Crippen molar-refractivity contribution in [2.75, 3.05) is 6.54 Å². The van der Waals surface area contributed by atoms with E-state index in [0.29, 0.717) is 12.5 Å². The zero-order valence-corrected chi connectivity index (χ0v) is 11.8. The Kier molecular flexibility index (Phi) is 4.25. The highest BCUT2D eigenvalue weighted by molar-refractivity contribution is 5.68. The second kappa shape index (κ2) is 5.74. The second-order valence-electron chi connectivity index (χ2n) is 6.05. The SMILES string of the molecule is CC(C)N(Cc1ccccc1)CC1(CC(=O)O)CC1. The highest BCUT2D eigenvalue weighted by Crippen LogP contribution is 2.49. The third-order valence-electron chi connectivity index (χ3n) is 3.98. The Balaban J connectivity index is 1.99. The van der Waals surface area contributed by atoms with E-state index in [-0.39, 0.29) is 5.41 Å². The van der Waals surface area contributed by atoms with Crippen LogP contribution in [0.3, 0.4) is 0 Å². The molecule has 1 aliphatic carbocycles. The number of hydrogen-bond donors (Lipinski definition) is 1. The van der Waals surface area contributed by atoms with Crippen LogP contribution in [0.1, 0.15) is 38.7 Å². The van der Waals surface area contributed by atoms with Crippen LogP contribution in [0.2, 0.25) is 0 Å². The van der Waals surface area contributed by atoms with Gasteiger partial charge in [0.1, 0.15) is 0 Å². The van der Waals surface area contributed by atoms with Crippen LogP contribution in [0.15, 0.2) is 30.3 Å². The molecule has 1 aliphatic rings. The summed E-state index contributed by atoms with van der Waals surface area (Å²) in [6, 6.07) is 10.8. The molecule has 1 N–H and O–H groups in total. The lowest BCUT2D eigenvalue weighted by molar-refractivity contribution is -0.138. The minimum atomic E-state index is -0.666. The summed E-state index contributed by atoms with van der Waals surface area (Å²) in [6.07, 6.45) is 2.42. The van der Waals surface area contributed by atoms with E-state index in [0.717, 1.165) is 25.9 Å². The predicted octanol–water partition coefficient (Wildman–Crippen LogP) is 3.15. The molecule has 0 radical (unpaired) electrons. The number of benzene rings is 1. The van der Waals surface area contributed by atoms with Crippen LogP contribution in [0.4, 0.5) is 0 Å². The van der Waals surface area contributed by atoms with Crippen molar-refractivity contribution in [1.82, 2.24) is 4.90 Å². The summed E-state index contributed by atoms with van der Waals surface area (Å²) in [6.45, 7) is 6.16. The van der Waals surface area contributed by atoms with Gasteiger partial charge in [0.15, 0.2) is 0 Å². The molecule has 0 saturated heterocycles. The van der Waals surface area contributed by atoms with E-state index in [1.165, 1.54) is 5.56 Å². The lowest BCUT2D eigenvalue weighted by Crippen LogP contribution is -2.36. The average Bonchev–Trinajstić information content (AvgIpc) is 3.08. The number of carboxylic acid groups (broad SMARTS) is 1. The molecule has 104 valence electrons. The maximum atomic E-state index is 10.9. The van der Waals surface area contributed by atoms with Crippen molar-refractivity contribution in [2.24, 2.45) is 5.41 Å². The molecule has 0 heterocycles. The lowest BCUT2D eigenvalue weighted by Gasteiger charge is -2.30. The summed E-state index contributed by atoms with van der Waals surface area (Å²) < 4.78 is 0. The minimum absolute atomic E-state index is 0.0326. The summed E-state index contributed by atoms with van der Waals surface area (Å²) in [5, 5.41) is 9.01. The Morgan fingerprint density at radius 3 is 2.42 bits per heavy atom. The summed E-state index contributed by atoms with van der Waals surface area (Å²) >= 11 is 0. The van der Waals surface area contributed by atoms with E-state index >= 15 is 0 Å². The van der Waals surface area contributed by atoms with Crippen LogP contribution >= 0.6 is 0 Å². The van der Waals surface area contributed by atoms with Gasteiger partial charge in [-0.1, -0.05) is 30.3 Å². The Morgan fingerprint density at radius 1 is 1.32 bits per heavy atom. The maximum Gasteiger partial charge on any atom is 0.303 e. The van der Waals surface area contributed by atoms with Crippen LogP contribution in [0.25, 0.3) is 0 Å². The van der Waals surface area contributed by atoms with Crippen molar-refractivity contribution in [2.45, 2.75) is 45.7 Å². The van der Waals surface area contributed by atoms with Gasteiger partial charge in [0, 0.05) is 19.1 Å². The van der Waals surface area contributed by atoms with Gasteiger partial charge in [0.25, 0.3) is 0 Å². The molecule has 0 bridgehead atoms. The fourth-order valence-corrected chi connectivity index (χ4v) is 2.56. The van der Waals surface area contributed by atoms with Gasteiger partial charge in [-0.2, -0.15) is 0 Å². The predicted molar refractivity (Wildman–Crippen MR) is 75.9 cm³/mol. The summed E-state index contributed by atoms with van der Waals surface area (Å²) in [5.74, 6) is -0.666. The van der Waals surface area contributed by atoms with Gasteiger partial charge in [0.2, 0.25) is 0 Å². The number of aliphatic carboxylic acids is 1. The quantitative estimate of drug-likeness (QED) is 0.819. The maximum absolute atomic E-state index is 10.9. The van der Waals surface area contributed by atoms with Gasteiger partial charge in [-0.3, -0.25) is 9.69 Å². The molecule has 2 rings (SSSR count). The Hall–Kier alpha value is -1.35. The smallest absolute Gasteiger partial charge is 0.303 e. The second-order valence-corrected chi connectivity index (χ2v) is 6.05. The summed E-state index contributed by atoms with van der Waals surface area (Å²) in [5.41, 5.74) is 1.33. The van der Waals surface area contributed by atoms with E-state index in [4.69, 9.17) is 5.11 Å². The summed E-state index contributed by atoms with van der Waals surface area (Å²) in [4.78, 5) is 13.3. The van der Waals surface area contributed by atoms with Gasteiger partial charge in [-0.05, 0) is 37.7 Å². The molecule has 0 aromatic heterocycles. The standard InChI is InChI=1S/C16H23NO2/c1-13(2)17(11-14-6-4-3-5-7-14)12-16(8-9-16)10-15(18)19/h3-7,13H,8-12H2,1-2H3,(H,18,19). The molecule has 1 aromatic carbocycles. The number of carbonyl (C=O) groups is 1. The molecule has 1 saturated carbocycles. The van der Waals surface area contributed by atoms with Gasteiger partial charge in [0.05, 0.1) is 6.42 Å². The monoisotopic (exact) mass is 261 g/mol. The zero-order valence-electron chi connectivity index (χ0n) is 11.8. The Labute approximate surface area is 115 Å². The van der Waals surface area contributed by atoms with Gasteiger partial charge >= 0.3 is 5.97 Å². The van der Waals surface area contributed by atoms with Crippen molar-refractivity contribution in [3.8, 4) is 0 Å². The first-order valence-corrected chi connectivity index (χ1v) is 7.01. The number of rotatable bonds is 7. The topological polar surface area (TPSA) is 40.5 Å². The van der Waals surface area contributed by atoms with Crippen molar-refractivity contribution in [3.63, 3.8) is 0 Å². The van der Waals surface area contributed by atoms with Crippen molar-refractivity contribution >= 4 is 5.97 Å². The van der Waals surface area contributed by atoms with Crippen molar-refractivity contribution in [3.05, 3.63) is 35.9 Å². The first kappa shape index (κ1) is 14.1. The largest absolute Gasteiger partial charge is 0.481 e. The van der Waals surface area contributed by atoms with Crippen molar-refractivity contribution in [1.29, 1.82) is 0 Å². The number of hydrogen-bond acceptors (Lipinski definition) is 2. The van der Waals surface area contributed by atoms with Crippen LogP contribution in [-0.2, 0) is 11.3 Å². The molecule has 3 nitrogen and oxygen atoms in total. The van der Waals surface area contributed by atoms with Crippen LogP contribution in [0, 0.1) is 5.41 Å². The normalized spacial score (nSPS) is 16.8. The molecule has 19 heavy (non-hydrogen) atoms. The molecule has 1 fully saturated rings. The third kappa shape index (κ3) is 4.06. The summed E-state index contributed by atoms with van der Waals surface area (Å²) in [7, 11) is 0. The van der Waals surface area contributed by atoms with Crippen LogP contribution in [-0.4, -0.2) is 28.6 Å². The van der Waals surface area contributed by atoms with E-state index in [9.17, 15) is 4.79 Å². The van der Waals surface area contributed by atoms with Crippen LogP contribution < -0.4 is 0 Å². The number of nitrogens with zero attached hydrogens (tertiary/aromatic N) is 1. The zero-order chi connectivity index (χ0) is 13.9. The Bertz CT molecular complexity index is 424. The number of carboxylic acids is 1. The molecular formula is C16H23NO2. The fraction of sp³-hybridized carbons (Fsp3) is 0.562. The lowest BCUT2D eigenvalue weighted by atomic mass is 10.0. The Morgan fingerprint density at radius 2 is 1.95 bits per heavy atom. The molecule has 3 heteroatoms. The van der Waals surface area contributed by atoms with Gasteiger partial charge in [-0.25, -0.2) is 0 Å². The molecule has 1 aromatic rings. The molecular weight excluding hydrogens is 238 g/mol. The molecule has 0 aliphatic heterocycles.